The molecule has 0 bridgehead atoms. The molecule has 0 aliphatic carbocycles. The summed E-state index contributed by atoms with van der Waals surface area (Å²) in [5, 5.41) is 1.28. The number of alkyl halides is 3. The first-order valence-corrected chi connectivity index (χ1v) is 8.41. The summed E-state index contributed by atoms with van der Waals surface area (Å²) < 4.78 is 43.0. The maximum Gasteiger partial charge on any atom is 0.416 e. The molecule has 2 N–H and O–H groups in total. The van der Waals surface area contributed by atoms with Crippen LogP contribution in [0.25, 0.3) is 0 Å². The molecule has 0 unspecified atom stereocenters. The van der Waals surface area contributed by atoms with Crippen LogP contribution in [0.5, 0.6) is 0 Å². The molecule has 0 aromatic heterocycles. The van der Waals surface area contributed by atoms with Gasteiger partial charge in [0.1, 0.15) is 5.70 Å². The number of nitrogens with zero attached hydrogens (tertiary/aromatic N) is 1. The average molecular weight is 378 g/mol. The van der Waals surface area contributed by atoms with Crippen LogP contribution in [0.3, 0.4) is 0 Å². The van der Waals surface area contributed by atoms with Crippen LogP contribution >= 0.6 is 0 Å². The second kappa shape index (κ2) is 9.23. The number of hydrogen-bond donors (Lipinski definition) is 1. The molecule has 2 aromatic rings. The largest absolute Gasteiger partial charge is 0.461 e. The Labute approximate surface area is 156 Å². The molecular weight excluding hydrogens is 357 g/mol. The van der Waals surface area contributed by atoms with Crippen molar-refractivity contribution in [1.82, 2.24) is 5.01 Å². The second-order valence-electron chi connectivity index (χ2n) is 5.82. The lowest BCUT2D eigenvalue weighted by Crippen LogP contribution is -2.34. The van der Waals surface area contributed by atoms with Crippen molar-refractivity contribution in [3.05, 3.63) is 83.1 Å². The number of benzene rings is 2. The van der Waals surface area contributed by atoms with E-state index in [4.69, 9.17) is 10.6 Å². The van der Waals surface area contributed by atoms with E-state index in [1.165, 1.54) is 17.1 Å². The first-order chi connectivity index (χ1) is 12.8. The van der Waals surface area contributed by atoms with Crippen molar-refractivity contribution in [2.75, 3.05) is 6.61 Å². The molecule has 0 aliphatic rings. The average Bonchev–Trinajstić information content (AvgIpc) is 2.62. The van der Waals surface area contributed by atoms with E-state index in [-0.39, 0.29) is 18.7 Å². The van der Waals surface area contributed by atoms with Gasteiger partial charge in [0.25, 0.3) is 0 Å². The monoisotopic (exact) mass is 378 g/mol. The predicted octanol–water partition coefficient (Wildman–Crippen LogP) is 4.07. The van der Waals surface area contributed by atoms with Gasteiger partial charge in [0.05, 0.1) is 18.7 Å². The van der Waals surface area contributed by atoms with Gasteiger partial charge in [0, 0.05) is 0 Å². The van der Waals surface area contributed by atoms with E-state index in [0.29, 0.717) is 12.1 Å². The van der Waals surface area contributed by atoms with Gasteiger partial charge in [-0.2, -0.15) is 13.2 Å². The van der Waals surface area contributed by atoms with Crippen LogP contribution in [0.1, 0.15) is 23.6 Å². The number of halogens is 3. The quantitative estimate of drug-likeness (QED) is 0.342. The number of carbonyl (C=O) groups is 1. The summed E-state index contributed by atoms with van der Waals surface area (Å²) in [7, 11) is 0. The number of rotatable bonds is 7. The highest BCUT2D eigenvalue weighted by Crippen LogP contribution is 2.29. The van der Waals surface area contributed by atoms with E-state index < -0.39 is 17.7 Å². The molecule has 2 aromatic carbocycles. The van der Waals surface area contributed by atoms with E-state index >= 15 is 0 Å². The van der Waals surface area contributed by atoms with Crippen molar-refractivity contribution < 1.29 is 22.7 Å². The van der Waals surface area contributed by atoms with Crippen LogP contribution in [0.4, 0.5) is 13.2 Å². The fourth-order valence-electron chi connectivity index (χ4n) is 2.43. The maximum atomic E-state index is 12.6. The standard InChI is InChI=1S/C20H21F3N2O2/c1-2-27-19(26)18(25(24)14-16-6-4-3-5-7-16)13-10-15-8-11-17(12-9-15)20(21,22)23/h3-9,11-13H,2,10,14,24H2,1H3/b18-13-. The molecule has 0 heterocycles. The smallest absolute Gasteiger partial charge is 0.416 e. The zero-order valence-corrected chi connectivity index (χ0v) is 14.9. The Kier molecular flexibility index (Phi) is 7.01. The molecule has 0 saturated carbocycles. The van der Waals surface area contributed by atoms with Crippen molar-refractivity contribution in [3.63, 3.8) is 0 Å². The lowest BCUT2D eigenvalue weighted by Gasteiger charge is -2.21. The highest BCUT2D eigenvalue weighted by molar-refractivity contribution is 5.87. The molecule has 0 aliphatic heterocycles. The number of esters is 1. The maximum absolute atomic E-state index is 12.6. The molecule has 144 valence electrons. The molecule has 0 amide bonds. The first kappa shape index (κ1) is 20.5. The third-order valence-corrected chi connectivity index (χ3v) is 3.80. The molecule has 7 heteroatoms. The molecular formula is C20H21F3N2O2. The van der Waals surface area contributed by atoms with E-state index in [1.54, 1.807) is 13.0 Å². The van der Waals surface area contributed by atoms with Crippen LogP contribution in [-0.2, 0) is 28.7 Å². The van der Waals surface area contributed by atoms with Crippen molar-refractivity contribution in [1.29, 1.82) is 0 Å². The van der Waals surface area contributed by atoms with Gasteiger partial charge in [0.2, 0.25) is 0 Å². The summed E-state index contributed by atoms with van der Waals surface area (Å²) >= 11 is 0. The topological polar surface area (TPSA) is 55.6 Å². The van der Waals surface area contributed by atoms with Crippen molar-refractivity contribution in [2.45, 2.75) is 26.1 Å². The first-order valence-electron chi connectivity index (χ1n) is 8.41. The third-order valence-electron chi connectivity index (χ3n) is 3.80. The minimum atomic E-state index is -4.38. The highest BCUT2D eigenvalue weighted by atomic mass is 19.4. The summed E-state index contributed by atoms with van der Waals surface area (Å²) in [4.78, 5) is 12.2. The van der Waals surface area contributed by atoms with Gasteiger partial charge >= 0.3 is 12.1 Å². The summed E-state index contributed by atoms with van der Waals surface area (Å²) in [6.45, 7) is 2.16. The molecule has 0 spiro atoms. The van der Waals surface area contributed by atoms with E-state index in [0.717, 1.165) is 17.7 Å². The number of carbonyl (C=O) groups excluding carboxylic acids is 1. The van der Waals surface area contributed by atoms with Crippen LogP contribution in [0.15, 0.2) is 66.4 Å². The second-order valence-corrected chi connectivity index (χ2v) is 5.82. The molecule has 0 saturated heterocycles. The summed E-state index contributed by atoms with van der Waals surface area (Å²) in [5.74, 6) is 5.46. The Balaban J connectivity index is 2.16. The van der Waals surface area contributed by atoms with Gasteiger partial charge in [0.15, 0.2) is 0 Å². The fourth-order valence-corrected chi connectivity index (χ4v) is 2.43. The molecule has 0 fully saturated rings. The minimum absolute atomic E-state index is 0.153. The predicted molar refractivity (Wildman–Crippen MR) is 96.0 cm³/mol. The lowest BCUT2D eigenvalue weighted by atomic mass is 10.1. The zero-order valence-electron chi connectivity index (χ0n) is 14.9. The molecule has 2 rings (SSSR count). The molecule has 0 atom stereocenters. The number of nitrogens with two attached hydrogens (primary N) is 1. The third kappa shape index (κ3) is 6.14. The van der Waals surface area contributed by atoms with Crippen LogP contribution in [0, 0.1) is 0 Å². The van der Waals surface area contributed by atoms with Crippen molar-refractivity contribution in [2.24, 2.45) is 5.84 Å². The van der Waals surface area contributed by atoms with Crippen molar-refractivity contribution >= 4 is 5.97 Å². The molecule has 4 nitrogen and oxygen atoms in total. The number of allylic oxidation sites excluding steroid dienone is 1. The van der Waals surface area contributed by atoms with Gasteiger partial charge in [-0.1, -0.05) is 42.5 Å². The minimum Gasteiger partial charge on any atom is -0.461 e. The van der Waals surface area contributed by atoms with Gasteiger partial charge in [-0.3, -0.25) is 0 Å². The summed E-state index contributed by atoms with van der Waals surface area (Å²) in [6, 6.07) is 14.1. The van der Waals surface area contributed by atoms with Crippen molar-refractivity contribution in [3.8, 4) is 0 Å². The summed E-state index contributed by atoms with van der Waals surface area (Å²) in [5.41, 5.74) is 0.966. The van der Waals surface area contributed by atoms with Gasteiger partial charge in [-0.05, 0) is 42.7 Å². The van der Waals surface area contributed by atoms with E-state index in [9.17, 15) is 18.0 Å². The Morgan fingerprint density at radius 1 is 1.07 bits per heavy atom. The van der Waals surface area contributed by atoms with Gasteiger partial charge in [-0.15, -0.1) is 0 Å². The van der Waals surface area contributed by atoms with E-state index in [2.05, 4.69) is 0 Å². The van der Waals surface area contributed by atoms with Crippen LogP contribution < -0.4 is 5.84 Å². The Morgan fingerprint density at radius 2 is 1.70 bits per heavy atom. The number of ether oxygens (including phenoxy) is 1. The fraction of sp³-hybridized carbons (Fsp3) is 0.250. The Morgan fingerprint density at radius 3 is 2.26 bits per heavy atom. The normalized spacial score (nSPS) is 12.0. The highest BCUT2D eigenvalue weighted by Gasteiger charge is 2.29. The SMILES string of the molecule is CCOC(=O)/C(=C/Cc1ccc(C(F)(F)F)cc1)N(N)Cc1ccccc1. The number of hydrazine groups is 1. The summed E-state index contributed by atoms with van der Waals surface area (Å²) in [6.07, 6.45) is -2.58. The lowest BCUT2D eigenvalue weighted by molar-refractivity contribution is -0.140. The molecule has 0 radical (unpaired) electrons. The zero-order chi connectivity index (χ0) is 19.9. The van der Waals surface area contributed by atoms with E-state index in [1.807, 2.05) is 30.3 Å². The molecule has 27 heavy (non-hydrogen) atoms. The van der Waals surface area contributed by atoms with Gasteiger partial charge in [-0.25, -0.2) is 10.6 Å². The van der Waals surface area contributed by atoms with Crippen LogP contribution in [-0.4, -0.2) is 17.6 Å². The Bertz CT molecular complexity index is 772. The number of hydrogen-bond acceptors (Lipinski definition) is 4. The Hall–Kier alpha value is -2.80. The van der Waals surface area contributed by atoms with Crippen LogP contribution in [0.2, 0.25) is 0 Å². The van der Waals surface area contributed by atoms with Gasteiger partial charge < -0.3 is 9.75 Å².